The van der Waals surface area contributed by atoms with Crippen molar-refractivity contribution in [3.8, 4) is 5.75 Å². The molecule has 0 spiro atoms. The molecule has 1 aliphatic rings. The van der Waals surface area contributed by atoms with E-state index in [9.17, 15) is 0 Å². The number of nitrogens with zero attached hydrogens (tertiary/aromatic N) is 3. The molecule has 0 amide bonds. The van der Waals surface area contributed by atoms with Crippen LogP contribution in [0.3, 0.4) is 0 Å². The van der Waals surface area contributed by atoms with Crippen molar-refractivity contribution < 1.29 is 9.47 Å². The molecule has 6 heteroatoms. The molecule has 128 valence electrons. The fraction of sp³-hybridized carbons (Fsp3) is 0.316. The van der Waals surface area contributed by atoms with Gasteiger partial charge in [0.1, 0.15) is 11.3 Å². The first-order valence-electron chi connectivity index (χ1n) is 8.26. The molecule has 1 fully saturated rings. The Kier molecular flexibility index (Phi) is 3.97. The Morgan fingerprint density at radius 1 is 1.16 bits per heavy atom. The lowest BCUT2D eigenvalue weighted by Crippen LogP contribution is -2.44. The third-order valence-corrected chi connectivity index (χ3v) is 4.24. The van der Waals surface area contributed by atoms with Gasteiger partial charge in [-0.05, 0) is 31.2 Å². The first-order valence-corrected chi connectivity index (χ1v) is 8.26. The fourth-order valence-corrected chi connectivity index (χ4v) is 2.68. The van der Waals surface area contributed by atoms with Gasteiger partial charge in [0.05, 0.1) is 37.9 Å². The number of nitrogens with one attached hydrogen (secondary N) is 1. The molecular weight excluding hydrogens is 316 g/mol. The van der Waals surface area contributed by atoms with Gasteiger partial charge in [0, 0.05) is 22.7 Å². The molecule has 1 saturated heterocycles. The van der Waals surface area contributed by atoms with Gasteiger partial charge < -0.3 is 14.8 Å². The van der Waals surface area contributed by atoms with Crippen molar-refractivity contribution in [2.24, 2.45) is 5.41 Å². The van der Waals surface area contributed by atoms with Crippen LogP contribution in [0.4, 0.5) is 11.5 Å². The molecule has 0 atom stereocenters. The topological polar surface area (TPSA) is 69.2 Å². The summed E-state index contributed by atoms with van der Waals surface area (Å²) < 4.78 is 11.2. The lowest BCUT2D eigenvalue weighted by Gasteiger charge is -2.37. The molecule has 0 unspecified atom stereocenters. The van der Waals surface area contributed by atoms with Crippen molar-refractivity contribution in [1.29, 1.82) is 0 Å². The first-order chi connectivity index (χ1) is 12.1. The molecule has 25 heavy (non-hydrogen) atoms. The molecule has 1 aliphatic heterocycles. The zero-order valence-corrected chi connectivity index (χ0v) is 14.3. The lowest BCUT2D eigenvalue weighted by atomic mass is 9.90. The molecule has 0 saturated carbocycles. The van der Waals surface area contributed by atoms with Crippen molar-refractivity contribution in [1.82, 2.24) is 15.0 Å². The molecule has 0 aromatic carbocycles. The van der Waals surface area contributed by atoms with E-state index in [1.807, 2.05) is 31.2 Å². The summed E-state index contributed by atoms with van der Waals surface area (Å²) in [5.41, 5.74) is 2.76. The Labute approximate surface area is 146 Å². The summed E-state index contributed by atoms with van der Waals surface area (Å²) in [6.07, 6.45) is 5.29. The number of hydrogen-bond acceptors (Lipinski definition) is 6. The Balaban J connectivity index is 1.55. The van der Waals surface area contributed by atoms with Crippen molar-refractivity contribution in [2.75, 3.05) is 25.1 Å². The van der Waals surface area contributed by atoms with Crippen LogP contribution in [0.25, 0.3) is 10.9 Å². The van der Waals surface area contributed by atoms with Crippen LogP contribution >= 0.6 is 0 Å². The second-order valence-corrected chi connectivity index (χ2v) is 6.81. The second kappa shape index (κ2) is 6.29. The Morgan fingerprint density at radius 3 is 2.76 bits per heavy atom. The van der Waals surface area contributed by atoms with Crippen molar-refractivity contribution in [3.63, 3.8) is 0 Å². The molecule has 3 aromatic rings. The van der Waals surface area contributed by atoms with Crippen LogP contribution < -0.4 is 10.1 Å². The van der Waals surface area contributed by atoms with E-state index in [4.69, 9.17) is 9.47 Å². The minimum absolute atomic E-state index is 0.109. The van der Waals surface area contributed by atoms with E-state index in [0.29, 0.717) is 12.4 Å². The van der Waals surface area contributed by atoms with Crippen molar-refractivity contribution in [3.05, 3.63) is 48.5 Å². The molecule has 0 bridgehead atoms. The van der Waals surface area contributed by atoms with E-state index >= 15 is 0 Å². The number of pyridine rings is 3. The van der Waals surface area contributed by atoms with Gasteiger partial charge in [-0.1, -0.05) is 6.92 Å². The molecule has 0 radical (unpaired) electrons. The molecule has 4 heterocycles. The van der Waals surface area contributed by atoms with Gasteiger partial charge >= 0.3 is 0 Å². The van der Waals surface area contributed by atoms with Crippen LogP contribution in [-0.4, -0.2) is 34.8 Å². The number of fused-ring (bicyclic) bond motifs is 1. The van der Waals surface area contributed by atoms with Gasteiger partial charge in [0.2, 0.25) is 0 Å². The standard InChI is InChI=1S/C19H20N4O2/c1-13-3-4-15(8-21-13)23-18-17-14(5-6-20-18)7-16(9-22-17)25-12-19(2)10-24-11-19/h3-9H,10-12H2,1-2H3,(H,20,23). The highest BCUT2D eigenvalue weighted by molar-refractivity contribution is 5.90. The maximum absolute atomic E-state index is 5.90. The normalized spacial score (nSPS) is 15.6. The van der Waals surface area contributed by atoms with Crippen molar-refractivity contribution in [2.45, 2.75) is 13.8 Å². The average molecular weight is 336 g/mol. The predicted molar refractivity (Wildman–Crippen MR) is 96.2 cm³/mol. The summed E-state index contributed by atoms with van der Waals surface area (Å²) in [7, 11) is 0. The third kappa shape index (κ3) is 3.39. The number of ether oxygens (including phenoxy) is 2. The van der Waals surface area contributed by atoms with Gasteiger partial charge in [-0.15, -0.1) is 0 Å². The van der Waals surface area contributed by atoms with E-state index in [0.717, 1.165) is 41.2 Å². The highest BCUT2D eigenvalue weighted by Crippen LogP contribution is 2.29. The van der Waals surface area contributed by atoms with Crippen LogP contribution in [-0.2, 0) is 4.74 Å². The van der Waals surface area contributed by atoms with Gasteiger partial charge in [-0.2, -0.15) is 0 Å². The van der Waals surface area contributed by atoms with Crippen molar-refractivity contribution >= 4 is 22.4 Å². The molecule has 0 aliphatic carbocycles. The maximum Gasteiger partial charge on any atom is 0.156 e. The Morgan fingerprint density at radius 2 is 2.04 bits per heavy atom. The number of aromatic nitrogens is 3. The molecular formula is C19H20N4O2. The van der Waals surface area contributed by atoms with Crippen LogP contribution in [0.5, 0.6) is 5.75 Å². The quantitative estimate of drug-likeness (QED) is 0.769. The number of aryl methyl sites for hydroxylation is 1. The lowest BCUT2D eigenvalue weighted by molar-refractivity contribution is -0.120. The summed E-state index contributed by atoms with van der Waals surface area (Å²) in [5, 5.41) is 4.25. The summed E-state index contributed by atoms with van der Waals surface area (Å²) in [6.45, 7) is 6.24. The molecule has 3 aromatic heterocycles. The van der Waals surface area contributed by atoms with Crippen LogP contribution in [0.1, 0.15) is 12.6 Å². The third-order valence-electron chi connectivity index (χ3n) is 4.24. The monoisotopic (exact) mass is 336 g/mol. The minimum Gasteiger partial charge on any atom is -0.491 e. The Bertz CT molecular complexity index is 892. The van der Waals surface area contributed by atoms with Crippen LogP contribution in [0.2, 0.25) is 0 Å². The molecule has 6 nitrogen and oxygen atoms in total. The number of hydrogen-bond donors (Lipinski definition) is 1. The Hall–Kier alpha value is -2.73. The summed E-state index contributed by atoms with van der Waals surface area (Å²) in [5.74, 6) is 1.46. The maximum atomic E-state index is 5.90. The molecule has 1 N–H and O–H groups in total. The first kappa shape index (κ1) is 15.8. The van der Waals surface area contributed by atoms with Crippen LogP contribution in [0, 0.1) is 12.3 Å². The van der Waals surface area contributed by atoms with Gasteiger partial charge in [-0.25, -0.2) is 9.97 Å². The van der Waals surface area contributed by atoms with Gasteiger partial charge in [0.25, 0.3) is 0 Å². The SMILES string of the molecule is Cc1ccc(Nc2nccc3cc(OCC4(C)COC4)cnc23)cn1. The predicted octanol–water partition coefficient (Wildman–Crippen LogP) is 3.49. The fourth-order valence-electron chi connectivity index (χ4n) is 2.68. The summed E-state index contributed by atoms with van der Waals surface area (Å²) >= 11 is 0. The summed E-state index contributed by atoms with van der Waals surface area (Å²) in [6, 6.07) is 7.85. The van der Waals surface area contributed by atoms with Crippen LogP contribution in [0.15, 0.2) is 42.9 Å². The summed E-state index contributed by atoms with van der Waals surface area (Å²) in [4.78, 5) is 13.2. The number of rotatable bonds is 5. The molecule has 4 rings (SSSR count). The van der Waals surface area contributed by atoms with E-state index in [2.05, 4.69) is 27.2 Å². The van der Waals surface area contributed by atoms with E-state index < -0.39 is 0 Å². The number of anilines is 2. The van der Waals surface area contributed by atoms with Gasteiger partial charge in [-0.3, -0.25) is 4.98 Å². The zero-order valence-electron chi connectivity index (χ0n) is 14.3. The highest BCUT2D eigenvalue weighted by atomic mass is 16.5. The van der Waals surface area contributed by atoms with Gasteiger partial charge in [0.15, 0.2) is 5.82 Å². The zero-order chi connectivity index (χ0) is 17.3. The van der Waals surface area contributed by atoms with E-state index in [1.165, 1.54) is 0 Å². The van der Waals surface area contributed by atoms with E-state index in [1.54, 1.807) is 18.6 Å². The average Bonchev–Trinajstić information content (AvgIpc) is 2.60. The smallest absolute Gasteiger partial charge is 0.156 e. The largest absolute Gasteiger partial charge is 0.491 e. The second-order valence-electron chi connectivity index (χ2n) is 6.81. The highest BCUT2D eigenvalue weighted by Gasteiger charge is 2.34. The van der Waals surface area contributed by atoms with E-state index in [-0.39, 0.29) is 5.41 Å². The minimum atomic E-state index is 0.109.